The molecule has 1 rings (SSSR count). The van der Waals surface area contributed by atoms with Crippen molar-refractivity contribution in [2.24, 2.45) is 4.99 Å². The number of nitrogens with one attached hydrogen (secondary N) is 3. The van der Waals surface area contributed by atoms with Crippen molar-refractivity contribution in [3.8, 4) is 0 Å². The Bertz CT molecular complexity index is 653. The van der Waals surface area contributed by atoms with Crippen LogP contribution >= 0.6 is 0 Å². The lowest BCUT2D eigenvalue weighted by atomic mass is 10.1. The molecular formula is C20H31F3N4O2. The third-order valence-corrected chi connectivity index (χ3v) is 3.71. The number of aliphatic imine (C=N–C) groups is 1. The van der Waals surface area contributed by atoms with Crippen LogP contribution in [0.2, 0.25) is 0 Å². The van der Waals surface area contributed by atoms with Gasteiger partial charge < -0.3 is 15.4 Å². The smallest absolute Gasteiger partial charge is 0.412 e. The number of guanidine groups is 1. The lowest BCUT2D eigenvalue weighted by Gasteiger charge is -2.19. The van der Waals surface area contributed by atoms with E-state index in [1.165, 1.54) is 0 Å². The SMILES string of the molecule is CN=C(NCCCCC(F)(F)F)NCCc1ccc(NC(=O)OC(C)(C)C)cc1. The molecule has 0 aliphatic carbocycles. The highest BCUT2D eigenvalue weighted by Gasteiger charge is 2.25. The van der Waals surface area contributed by atoms with Gasteiger partial charge in [0.2, 0.25) is 0 Å². The molecule has 1 aromatic rings. The number of alkyl halides is 3. The molecule has 0 heterocycles. The Morgan fingerprint density at radius 1 is 1.03 bits per heavy atom. The van der Waals surface area contributed by atoms with Gasteiger partial charge in [-0.1, -0.05) is 12.1 Å². The van der Waals surface area contributed by atoms with Gasteiger partial charge in [0.05, 0.1) is 0 Å². The van der Waals surface area contributed by atoms with E-state index in [2.05, 4.69) is 20.9 Å². The molecule has 0 aliphatic rings. The van der Waals surface area contributed by atoms with Crippen LogP contribution in [-0.4, -0.2) is 44.0 Å². The third kappa shape index (κ3) is 12.6. The molecule has 0 atom stereocenters. The summed E-state index contributed by atoms with van der Waals surface area (Å²) in [6.07, 6.45) is -4.13. The van der Waals surface area contributed by atoms with Gasteiger partial charge in [0.25, 0.3) is 0 Å². The number of anilines is 1. The predicted octanol–water partition coefficient (Wildman–Crippen LogP) is 4.47. The maximum atomic E-state index is 12.1. The summed E-state index contributed by atoms with van der Waals surface area (Å²) in [6.45, 7) is 6.44. The van der Waals surface area contributed by atoms with Crippen LogP contribution in [0.15, 0.2) is 29.3 Å². The second kappa shape index (κ2) is 11.5. The van der Waals surface area contributed by atoms with Crippen molar-refractivity contribution in [3.05, 3.63) is 29.8 Å². The van der Waals surface area contributed by atoms with Gasteiger partial charge in [-0.25, -0.2) is 4.79 Å². The molecule has 0 spiro atoms. The molecule has 0 saturated heterocycles. The molecule has 29 heavy (non-hydrogen) atoms. The van der Waals surface area contributed by atoms with E-state index in [1.807, 2.05) is 12.1 Å². The molecule has 9 heteroatoms. The Labute approximate surface area is 170 Å². The second-order valence-corrected chi connectivity index (χ2v) is 7.57. The molecule has 0 aliphatic heterocycles. The predicted molar refractivity (Wildman–Crippen MR) is 109 cm³/mol. The first-order valence-electron chi connectivity index (χ1n) is 9.59. The topological polar surface area (TPSA) is 74.8 Å². The summed E-state index contributed by atoms with van der Waals surface area (Å²) >= 11 is 0. The fraction of sp³-hybridized carbons (Fsp3) is 0.600. The van der Waals surface area contributed by atoms with Crippen molar-refractivity contribution in [3.63, 3.8) is 0 Å². The highest BCUT2D eigenvalue weighted by Crippen LogP contribution is 2.21. The van der Waals surface area contributed by atoms with Crippen molar-refractivity contribution < 1.29 is 22.7 Å². The fourth-order valence-corrected chi connectivity index (χ4v) is 2.38. The number of carbonyl (C=O) groups is 1. The summed E-state index contributed by atoms with van der Waals surface area (Å²) in [5.41, 5.74) is 1.15. The van der Waals surface area contributed by atoms with Gasteiger partial charge in [-0.15, -0.1) is 0 Å². The lowest BCUT2D eigenvalue weighted by Crippen LogP contribution is -2.38. The minimum absolute atomic E-state index is 0.0944. The van der Waals surface area contributed by atoms with Gasteiger partial charge in [-0.2, -0.15) is 13.2 Å². The normalized spacial score (nSPS) is 12.4. The number of nitrogens with zero attached hydrogens (tertiary/aromatic N) is 1. The van der Waals surface area contributed by atoms with Crippen LogP contribution in [0.25, 0.3) is 0 Å². The Morgan fingerprint density at radius 2 is 1.66 bits per heavy atom. The summed E-state index contributed by atoms with van der Waals surface area (Å²) in [5.74, 6) is 0.556. The number of ether oxygens (including phenoxy) is 1. The van der Waals surface area contributed by atoms with Gasteiger partial charge in [0.15, 0.2) is 5.96 Å². The summed E-state index contributed by atoms with van der Waals surface area (Å²) in [5, 5.41) is 8.80. The van der Waals surface area contributed by atoms with E-state index in [0.717, 1.165) is 12.0 Å². The first kappa shape index (κ1) is 24.6. The standard InChI is InChI=1S/C20H31F3N4O2/c1-19(2,3)29-18(28)27-16-9-7-15(8-10-16)11-14-26-17(24-4)25-13-6-5-12-20(21,22)23/h7-10H,5-6,11-14H2,1-4H3,(H,27,28)(H2,24,25,26). The molecule has 0 unspecified atom stereocenters. The molecule has 0 saturated carbocycles. The molecule has 0 aromatic heterocycles. The molecule has 164 valence electrons. The number of benzene rings is 1. The number of hydrogen-bond acceptors (Lipinski definition) is 3. The third-order valence-electron chi connectivity index (χ3n) is 3.71. The van der Waals surface area contributed by atoms with Gasteiger partial charge >= 0.3 is 12.3 Å². The van der Waals surface area contributed by atoms with Crippen molar-refractivity contribution in [2.75, 3.05) is 25.5 Å². The molecule has 1 amide bonds. The van der Waals surface area contributed by atoms with Gasteiger partial charge in [-0.05, 0) is 57.7 Å². The van der Waals surface area contributed by atoms with Crippen LogP contribution < -0.4 is 16.0 Å². The largest absolute Gasteiger partial charge is 0.444 e. The van der Waals surface area contributed by atoms with Crippen LogP contribution in [-0.2, 0) is 11.2 Å². The van der Waals surface area contributed by atoms with Crippen LogP contribution in [0, 0.1) is 0 Å². The Kier molecular flexibility index (Phi) is 9.77. The van der Waals surface area contributed by atoms with Crippen molar-refractivity contribution in [1.82, 2.24) is 10.6 Å². The van der Waals surface area contributed by atoms with E-state index in [9.17, 15) is 18.0 Å². The quantitative estimate of drug-likeness (QED) is 0.332. The number of unbranched alkanes of at least 4 members (excludes halogenated alkanes) is 1. The summed E-state index contributed by atoms with van der Waals surface area (Å²) in [7, 11) is 1.61. The molecular weight excluding hydrogens is 385 g/mol. The maximum absolute atomic E-state index is 12.1. The van der Waals surface area contributed by atoms with Gasteiger partial charge in [-0.3, -0.25) is 10.3 Å². The highest BCUT2D eigenvalue weighted by atomic mass is 19.4. The molecule has 3 N–H and O–H groups in total. The summed E-state index contributed by atoms with van der Waals surface area (Å²) in [6, 6.07) is 7.41. The summed E-state index contributed by atoms with van der Waals surface area (Å²) < 4.78 is 41.5. The minimum atomic E-state index is -4.10. The molecule has 1 aromatic carbocycles. The number of hydrogen-bond donors (Lipinski definition) is 3. The van der Waals surface area contributed by atoms with Crippen molar-refractivity contribution in [1.29, 1.82) is 0 Å². The maximum Gasteiger partial charge on any atom is 0.412 e. The Balaban J connectivity index is 2.29. The molecule has 6 nitrogen and oxygen atoms in total. The van der Waals surface area contributed by atoms with Gasteiger partial charge in [0.1, 0.15) is 5.60 Å². The average Bonchev–Trinajstić information content (AvgIpc) is 2.58. The first-order chi connectivity index (χ1) is 13.5. The summed E-state index contributed by atoms with van der Waals surface area (Å²) in [4.78, 5) is 15.8. The fourth-order valence-electron chi connectivity index (χ4n) is 2.38. The highest BCUT2D eigenvalue weighted by molar-refractivity contribution is 5.84. The van der Waals surface area contributed by atoms with Crippen LogP contribution in [0.4, 0.5) is 23.7 Å². The van der Waals surface area contributed by atoms with Crippen LogP contribution in [0.5, 0.6) is 0 Å². The zero-order valence-corrected chi connectivity index (χ0v) is 17.4. The van der Waals surface area contributed by atoms with Crippen molar-refractivity contribution in [2.45, 2.75) is 58.2 Å². The molecule has 0 bridgehead atoms. The number of halogens is 3. The van der Waals surface area contributed by atoms with E-state index in [1.54, 1.807) is 40.0 Å². The number of carbonyl (C=O) groups excluding carboxylic acids is 1. The monoisotopic (exact) mass is 416 g/mol. The van der Waals surface area contributed by atoms with E-state index in [0.29, 0.717) is 31.2 Å². The Morgan fingerprint density at radius 3 is 2.21 bits per heavy atom. The average molecular weight is 416 g/mol. The zero-order chi connectivity index (χ0) is 21.9. The van der Waals surface area contributed by atoms with E-state index >= 15 is 0 Å². The van der Waals surface area contributed by atoms with Crippen LogP contribution in [0.3, 0.4) is 0 Å². The van der Waals surface area contributed by atoms with E-state index in [-0.39, 0.29) is 6.42 Å². The van der Waals surface area contributed by atoms with E-state index < -0.39 is 24.3 Å². The van der Waals surface area contributed by atoms with Crippen LogP contribution in [0.1, 0.15) is 45.6 Å². The van der Waals surface area contributed by atoms with Gasteiger partial charge in [0, 0.05) is 32.2 Å². The minimum Gasteiger partial charge on any atom is -0.444 e. The number of rotatable bonds is 8. The molecule has 0 fully saturated rings. The Hall–Kier alpha value is -2.45. The second-order valence-electron chi connectivity index (χ2n) is 7.57. The van der Waals surface area contributed by atoms with Crippen molar-refractivity contribution >= 4 is 17.7 Å². The zero-order valence-electron chi connectivity index (χ0n) is 17.4. The molecule has 0 radical (unpaired) electrons. The first-order valence-corrected chi connectivity index (χ1v) is 9.59. The number of amides is 1. The van der Waals surface area contributed by atoms with E-state index in [4.69, 9.17) is 4.74 Å². The lowest BCUT2D eigenvalue weighted by molar-refractivity contribution is -0.135.